The lowest BCUT2D eigenvalue weighted by molar-refractivity contribution is -0.144. The number of benzene rings is 4. The van der Waals surface area contributed by atoms with Gasteiger partial charge in [-0.15, -0.1) is 11.3 Å². The minimum absolute atomic E-state index is 0.0480. The Morgan fingerprint density at radius 3 is 1.86 bits per heavy atom. The summed E-state index contributed by atoms with van der Waals surface area (Å²) in [5.41, 5.74) is 10.3. The normalized spacial score (nSPS) is 15.2. The number of carbonyl (C=O) groups is 4. The fourth-order valence-electron chi connectivity index (χ4n) is 10.1. The van der Waals surface area contributed by atoms with E-state index in [4.69, 9.17) is 4.74 Å². The molecule has 2 heterocycles. The van der Waals surface area contributed by atoms with E-state index in [0.29, 0.717) is 32.5 Å². The number of likely N-dealkylation sites (tertiary alicyclic amines) is 1. The second-order valence-electron chi connectivity index (χ2n) is 21.7. The molecule has 4 amide bonds. The summed E-state index contributed by atoms with van der Waals surface area (Å²) in [6.45, 7) is 11.3. The monoisotopic (exact) mass is 1050 g/mol. The van der Waals surface area contributed by atoms with Gasteiger partial charge in [0.15, 0.2) is 0 Å². The van der Waals surface area contributed by atoms with Crippen LogP contribution in [0.4, 0.5) is 0 Å². The Hall–Kier alpha value is -6.11. The first kappa shape index (κ1) is 59.1. The number of aliphatic hydroxyl groups is 1. The molecule has 3 atom stereocenters. The molecule has 1 fully saturated rings. The van der Waals surface area contributed by atoms with Crippen molar-refractivity contribution in [2.45, 2.75) is 169 Å². The van der Waals surface area contributed by atoms with Gasteiger partial charge in [-0.2, -0.15) is 0 Å². The molecule has 1 aliphatic heterocycles. The zero-order valence-corrected chi connectivity index (χ0v) is 47.1. The first-order chi connectivity index (χ1) is 36.7. The van der Waals surface area contributed by atoms with Crippen molar-refractivity contribution in [3.8, 4) is 16.2 Å². The summed E-state index contributed by atoms with van der Waals surface area (Å²) in [4.78, 5) is 62.2. The van der Waals surface area contributed by atoms with Crippen molar-refractivity contribution >= 4 is 46.1 Å². The van der Waals surface area contributed by atoms with Crippen LogP contribution in [0, 0.1) is 12.3 Å². The van der Waals surface area contributed by atoms with Crippen LogP contribution in [0.5, 0.6) is 5.75 Å². The molecule has 0 unspecified atom stereocenters. The first-order valence-corrected chi connectivity index (χ1v) is 29.0. The molecule has 4 aromatic carbocycles. The smallest absolute Gasteiger partial charge is 0.246 e. The predicted octanol–water partition coefficient (Wildman–Crippen LogP) is 13.0. The third-order valence-electron chi connectivity index (χ3n) is 14.6. The summed E-state index contributed by atoms with van der Waals surface area (Å²) in [6, 6.07) is 35.8. The summed E-state index contributed by atoms with van der Waals surface area (Å²) in [5, 5.41) is 16.6. The molecule has 0 radical (unpaired) electrons. The number of thiazole rings is 1. The molecule has 408 valence electrons. The number of likely N-dealkylation sites (N-methyl/N-ethyl adjacent to an activating group) is 1. The van der Waals surface area contributed by atoms with E-state index in [1.54, 1.807) is 16.2 Å². The molecular formula is C64H85N5O6S. The SMILES string of the molecule is CC/C(=C(\c1ccccc1)c1ccc(OCCN(C)C(=O)CCCCCCCCCCCCCCCC(=O)N[C@H](C(=O)N2C[C@H](O)C[C@H]2C(=O)NCc2ccc(-c3scnc3C)cc2)C(C)(C)C)cc1)c1ccccc1. The van der Waals surface area contributed by atoms with Crippen molar-refractivity contribution in [3.05, 3.63) is 143 Å². The Bertz CT molecular complexity index is 2590. The molecule has 1 aromatic heterocycles. The highest BCUT2D eigenvalue weighted by Crippen LogP contribution is 2.35. The Morgan fingerprint density at radius 2 is 1.30 bits per heavy atom. The Labute approximate surface area is 458 Å². The maximum absolute atomic E-state index is 14.0. The van der Waals surface area contributed by atoms with E-state index in [1.165, 1.54) is 65.7 Å². The maximum Gasteiger partial charge on any atom is 0.246 e. The second-order valence-corrected chi connectivity index (χ2v) is 22.5. The number of β-amino-alcohol motifs (C(OH)–C–C–N with tert-alkyl or cyclic N) is 1. The highest BCUT2D eigenvalue weighted by atomic mass is 32.1. The largest absolute Gasteiger partial charge is 0.492 e. The summed E-state index contributed by atoms with van der Waals surface area (Å²) in [5.74, 6) is 0.141. The minimum Gasteiger partial charge on any atom is -0.492 e. The van der Waals surface area contributed by atoms with E-state index in [-0.39, 0.29) is 36.6 Å². The highest BCUT2D eigenvalue weighted by molar-refractivity contribution is 7.13. The maximum atomic E-state index is 14.0. The van der Waals surface area contributed by atoms with Gasteiger partial charge < -0.3 is 30.3 Å². The number of carbonyl (C=O) groups excluding carboxylic acids is 4. The number of nitrogens with zero attached hydrogens (tertiary/aromatic N) is 3. The van der Waals surface area contributed by atoms with Gasteiger partial charge in [0.25, 0.3) is 0 Å². The minimum atomic E-state index is -0.827. The molecule has 5 aromatic rings. The van der Waals surface area contributed by atoms with Crippen molar-refractivity contribution < 1.29 is 29.0 Å². The number of aliphatic hydroxyl groups excluding tert-OH is 1. The second kappa shape index (κ2) is 30.6. The van der Waals surface area contributed by atoms with E-state index in [1.807, 2.05) is 76.7 Å². The Kier molecular flexibility index (Phi) is 23.8. The molecule has 76 heavy (non-hydrogen) atoms. The zero-order valence-electron chi connectivity index (χ0n) is 46.3. The fraction of sp³-hybridized carbons (Fsp3) is 0.484. The van der Waals surface area contributed by atoms with Crippen LogP contribution >= 0.6 is 11.3 Å². The lowest BCUT2D eigenvalue weighted by Crippen LogP contribution is -2.57. The third kappa shape index (κ3) is 18.3. The molecule has 6 rings (SSSR count). The summed E-state index contributed by atoms with van der Waals surface area (Å²) in [7, 11) is 1.87. The van der Waals surface area contributed by atoms with Gasteiger partial charge in [-0.1, -0.05) is 195 Å². The third-order valence-corrected chi connectivity index (χ3v) is 15.6. The molecule has 0 aliphatic carbocycles. The van der Waals surface area contributed by atoms with Gasteiger partial charge in [0.05, 0.1) is 28.7 Å². The average molecular weight is 1050 g/mol. The fourth-order valence-corrected chi connectivity index (χ4v) is 10.9. The van der Waals surface area contributed by atoms with Gasteiger partial charge in [-0.3, -0.25) is 19.2 Å². The average Bonchev–Trinajstić information content (AvgIpc) is 4.05. The lowest BCUT2D eigenvalue weighted by atomic mass is 9.85. The van der Waals surface area contributed by atoms with E-state index in [9.17, 15) is 24.3 Å². The number of aromatic nitrogens is 1. The van der Waals surface area contributed by atoms with Gasteiger partial charge in [-0.05, 0) is 82.7 Å². The first-order valence-electron chi connectivity index (χ1n) is 28.1. The molecule has 0 spiro atoms. The quantitative estimate of drug-likeness (QED) is 0.0307. The van der Waals surface area contributed by atoms with Crippen molar-refractivity contribution in [2.24, 2.45) is 5.41 Å². The molecule has 12 heteroatoms. The number of unbranched alkanes of at least 4 members (excludes halogenated alkanes) is 12. The number of hydrogen-bond acceptors (Lipinski definition) is 8. The number of nitrogens with one attached hydrogen (secondary N) is 2. The van der Waals surface area contributed by atoms with Crippen LogP contribution in [0.25, 0.3) is 21.6 Å². The van der Waals surface area contributed by atoms with E-state index >= 15 is 0 Å². The molecule has 0 saturated carbocycles. The van der Waals surface area contributed by atoms with Crippen LogP contribution in [-0.4, -0.2) is 88.5 Å². The predicted molar refractivity (Wildman–Crippen MR) is 310 cm³/mol. The van der Waals surface area contributed by atoms with E-state index in [2.05, 4.69) is 95.3 Å². The number of ether oxygens (including phenoxy) is 1. The van der Waals surface area contributed by atoms with Crippen molar-refractivity contribution in [1.82, 2.24) is 25.4 Å². The van der Waals surface area contributed by atoms with Gasteiger partial charge in [0, 0.05) is 39.4 Å². The number of rotatable bonds is 30. The number of amides is 4. The van der Waals surface area contributed by atoms with Gasteiger partial charge in [0.1, 0.15) is 24.4 Å². The van der Waals surface area contributed by atoms with Crippen LogP contribution < -0.4 is 15.4 Å². The van der Waals surface area contributed by atoms with Crippen molar-refractivity contribution in [2.75, 3.05) is 26.7 Å². The summed E-state index contributed by atoms with van der Waals surface area (Å²) in [6.07, 6.45) is 15.6. The van der Waals surface area contributed by atoms with Crippen molar-refractivity contribution in [3.63, 3.8) is 0 Å². The van der Waals surface area contributed by atoms with E-state index < -0.39 is 23.6 Å². The molecule has 1 saturated heterocycles. The van der Waals surface area contributed by atoms with Crippen molar-refractivity contribution in [1.29, 1.82) is 0 Å². The Morgan fingerprint density at radius 1 is 0.750 bits per heavy atom. The van der Waals surface area contributed by atoms with Crippen LogP contribution in [-0.2, 0) is 25.7 Å². The topological polar surface area (TPSA) is 141 Å². The highest BCUT2D eigenvalue weighted by Gasteiger charge is 2.44. The molecule has 0 bridgehead atoms. The number of hydrogen-bond donors (Lipinski definition) is 3. The van der Waals surface area contributed by atoms with Gasteiger partial charge in [0.2, 0.25) is 23.6 Å². The molecular weight excluding hydrogens is 967 g/mol. The lowest BCUT2D eigenvalue weighted by Gasteiger charge is -2.35. The summed E-state index contributed by atoms with van der Waals surface area (Å²) < 4.78 is 6.09. The van der Waals surface area contributed by atoms with Crippen LogP contribution in [0.2, 0.25) is 0 Å². The van der Waals surface area contributed by atoms with Crippen LogP contribution in [0.15, 0.2) is 115 Å². The van der Waals surface area contributed by atoms with Gasteiger partial charge in [-0.25, -0.2) is 4.98 Å². The Balaban J connectivity index is 0.773. The van der Waals surface area contributed by atoms with Crippen LogP contribution in [0.3, 0.4) is 0 Å². The zero-order chi connectivity index (χ0) is 54.3. The number of allylic oxidation sites excluding steroid dienone is 1. The van der Waals surface area contributed by atoms with Gasteiger partial charge >= 0.3 is 0 Å². The number of aryl methyl sites for hydroxylation is 1. The molecule has 1 aliphatic rings. The van der Waals surface area contributed by atoms with Crippen LogP contribution in [0.1, 0.15) is 165 Å². The van der Waals surface area contributed by atoms with E-state index in [0.717, 1.165) is 84.4 Å². The summed E-state index contributed by atoms with van der Waals surface area (Å²) >= 11 is 1.59. The molecule has 11 nitrogen and oxygen atoms in total. The standard InChI is InChI=1S/C64H85N5O6S/c1-7-55(49-27-21-19-22-28-49)59(50-29-23-20-24-30-50)51-37-39-54(40-38-51)75-42-41-68(6)58(72)32-26-18-16-14-12-10-8-9-11-13-15-17-25-31-57(71)67-61(64(3,4)5)63(74)69-45-53(70)43-56(69)62(73)65-44-48-33-35-52(36-34-48)60-47(2)66-46-76-60/h19-24,27-30,33-40,46,53,56,61,70H,7-18,25-26,31-32,41-45H2,1-6H3,(H,65,73)(H,67,71)/b59-55-/t53-,56+,61-/m1/s1. The molecule has 3 N–H and O–H groups in total.